The number of rotatable bonds is 4. The van der Waals surface area contributed by atoms with Gasteiger partial charge >= 0.3 is 0 Å². The Hall–Kier alpha value is -2.36. The standard InChI is InChI=1S/C18H22N4/c1-4-5-15-6-12(2)16(11-20-15)13-7-14-10-22-18(19-3)8-17(14)21-9-13/h6-11,15,20H,4-5H2,1-3H3,(H,19,22). The van der Waals surface area contributed by atoms with Crippen LogP contribution in [0.5, 0.6) is 0 Å². The molecule has 2 aromatic rings. The molecule has 0 spiro atoms. The second kappa shape index (κ2) is 6.18. The Labute approximate surface area is 131 Å². The summed E-state index contributed by atoms with van der Waals surface area (Å²) in [6, 6.07) is 4.56. The van der Waals surface area contributed by atoms with Crippen molar-refractivity contribution in [2.45, 2.75) is 32.7 Å². The Morgan fingerprint density at radius 3 is 2.82 bits per heavy atom. The molecule has 3 rings (SSSR count). The number of nitrogens with one attached hydrogen (secondary N) is 2. The lowest BCUT2D eigenvalue weighted by Crippen LogP contribution is -2.25. The molecule has 0 fully saturated rings. The van der Waals surface area contributed by atoms with Crippen LogP contribution in [0.3, 0.4) is 0 Å². The van der Waals surface area contributed by atoms with E-state index >= 15 is 0 Å². The molecule has 4 heteroatoms. The van der Waals surface area contributed by atoms with E-state index in [4.69, 9.17) is 0 Å². The number of nitrogens with zero attached hydrogens (tertiary/aromatic N) is 2. The van der Waals surface area contributed by atoms with Gasteiger partial charge in [-0.15, -0.1) is 0 Å². The third-order valence-corrected chi connectivity index (χ3v) is 4.05. The molecule has 0 aliphatic carbocycles. The first-order chi connectivity index (χ1) is 10.7. The van der Waals surface area contributed by atoms with Gasteiger partial charge in [0.15, 0.2) is 0 Å². The zero-order valence-electron chi connectivity index (χ0n) is 13.4. The van der Waals surface area contributed by atoms with Gasteiger partial charge in [-0.25, -0.2) is 4.98 Å². The zero-order chi connectivity index (χ0) is 15.5. The van der Waals surface area contributed by atoms with E-state index in [9.17, 15) is 0 Å². The summed E-state index contributed by atoms with van der Waals surface area (Å²) < 4.78 is 0. The molecule has 1 unspecified atom stereocenters. The van der Waals surface area contributed by atoms with Crippen LogP contribution in [-0.2, 0) is 0 Å². The van der Waals surface area contributed by atoms with Gasteiger partial charge in [-0.3, -0.25) is 4.98 Å². The van der Waals surface area contributed by atoms with Crippen LogP contribution in [0.4, 0.5) is 5.82 Å². The Morgan fingerprint density at radius 2 is 2.09 bits per heavy atom. The number of dihydropyridines is 1. The van der Waals surface area contributed by atoms with Crippen molar-refractivity contribution in [3.8, 4) is 0 Å². The monoisotopic (exact) mass is 294 g/mol. The van der Waals surface area contributed by atoms with E-state index in [-0.39, 0.29) is 0 Å². The second-order valence-corrected chi connectivity index (χ2v) is 5.71. The topological polar surface area (TPSA) is 49.8 Å². The summed E-state index contributed by atoms with van der Waals surface area (Å²) in [4.78, 5) is 8.95. The number of hydrogen-bond acceptors (Lipinski definition) is 4. The molecular formula is C18H22N4. The van der Waals surface area contributed by atoms with Gasteiger partial charge in [0.1, 0.15) is 5.82 Å². The summed E-state index contributed by atoms with van der Waals surface area (Å²) in [6.45, 7) is 4.38. The van der Waals surface area contributed by atoms with Crippen LogP contribution < -0.4 is 10.6 Å². The van der Waals surface area contributed by atoms with Gasteiger partial charge in [0, 0.05) is 54.3 Å². The molecule has 1 aliphatic heterocycles. The van der Waals surface area contributed by atoms with E-state index in [1.807, 2.05) is 25.5 Å². The van der Waals surface area contributed by atoms with E-state index in [2.05, 4.69) is 52.8 Å². The summed E-state index contributed by atoms with van der Waals surface area (Å²) >= 11 is 0. The number of anilines is 1. The predicted molar refractivity (Wildman–Crippen MR) is 92.7 cm³/mol. The lowest BCUT2D eigenvalue weighted by Gasteiger charge is -2.22. The van der Waals surface area contributed by atoms with Crippen LogP contribution in [0.25, 0.3) is 16.5 Å². The van der Waals surface area contributed by atoms with Crippen molar-refractivity contribution in [2.24, 2.45) is 0 Å². The van der Waals surface area contributed by atoms with Crippen LogP contribution in [0.2, 0.25) is 0 Å². The normalized spacial score (nSPS) is 17.7. The van der Waals surface area contributed by atoms with E-state index < -0.39 is 0 Å². The molecule has 0 saturated heterocycles. The summed E-state index contributed by atoms with van der Waals surface area (Å²) in [5.74, 6) is 0.838. The van der Waals surface area contributed by atoms with Crippen LogP contribution in [0, 0.1) is 0 Å². The highest BCUT2D eigenvalue weighted by molar-refractivity contribution is 5.87. The van der Waals surface area contributed by atoms with Crippen LogP contribution in [0.1, 0.15) is 32.3 Å². The average Bonchev–Trinajstić information content (AvgIpc) is 2.54. The van der Waals surface area contributed by atoms with Crippen LogP contribution in [-0.4, -0.2) is 23.1 Å². The number of aromatic nitrogens is 2. The molecule has 1 atom stereocenters. The van der Waals surface area contributed by atoms with E-state index in [0.29, 0.717) is 6.04 Å². The summed E-state index contributed by atoms with van der Waals surface area (Å²) in [6.07, 6.45) is 10.6. The number of pyridine rings is 2. The van der Waals surface area contributed by atoms with Crippen molar-refractivity contribution >= 4 is 22.3 Å². The fourth-order valence-electron chi connectivity index (χ4n) is 2.84. The highest BCUT2D eigenvalue weighted by Gasteiger charge is 2.14. The number of fused-ring (bicyclic) bond motifs is 1. The first kappa shape index (κ1) is 14.6. The third-order valence-electron chi connectivity index (χ3n) is 4.05. The van der Waals surface area contributed by atoms with Gasteiger partial charge in [0.25, 0.3) is 0 Å². The second-order valence-electron chi connectivity index (χ2n) is 5.71. The fourth-order valence-corrected chi connectivity index (χ4v) is 2.84. The molecule has 0 bridgehead atoms. The molecule has 3 heterocycles. The minimum atomic E-state index is 0.446. The minimum Gasteiger partial charge on any atom is -0.384 e. The minimum absolute atomic E-state index is 0.446. The maximum absolute atomic E-state index is 4.58. The van der Waals surface area contributed by atoms with Gasteiger partial charge in [-0.05, 0) is 25.0 Å². The third kappa shape index (κ3) is 2.82. The molecule has 22 heavy (non-hydrogen) atoms. The Morgan fingerprint density at radius 1 is 1.23 bits per heavy atom. The molecule has 0 amide bonds. The Balaban J connectivity index is 1.92. The van der Waals surface area contributed by atoms with Gasteiger partial charge < -0.3 is 10.6 Å². The van der Waals surface area contributed by atoms with Gasteiger partial charge in [-0.1, -0.05) is 19.4 Å². The highest BCUT2D eigenvalue weighted by atomic mass is 15.0. The van der Waals surface area contributed by atoms with Crippen LogP contribution in [0.15, 0.2) is 42.4 Å². The van der Waals surface area contributed by atoms with Crippen molar-refractivity contribution in [3.63, 3.8) is 0 Å². The maximum atomic E-state index is 4.58. The first-order valence-electron chi connectivity index (χ1n) is 7.80. The highest BCUT2D eigenvalue weighted by Crippen LogP contribution is 2.27. The van der Waals surface area contributed by atoms with Crippen LogP contribution >= 0.6 is 0 Å². The summed E-state index contributed by atoms with van der Waals surface area (Å²) in [5.41, 5.74) is 4.60. The molecule has 0 aromatic carbocycles. The quantitative estimate of drug-likeness (QED) is 0.902. The van der Waals surface area contributed by atoms with Crippen molar-refractivity contribution in [2.75, 3.05) is 12.4 Å². The van der Waals surface area contributed by atoms with Gasteiger partial charge in [-0.2, -0.15) is 0 Å². The average molecular weight is 294 g/mol. The number of allylic oxidation sites excluding steroid dienone is 2. The molecule has 2 N–H and O–H groups in total. The molecule has 0 saturated carbocycles. The first-order valence-corrected chi connectivity index (χ1v) is 7.80. The lowest BCUT2D eigenvalue weighted by atomic mass is 9.95. The van der Waals surface area contributed by atoms with Crippen molar-refractivity contribution in [3.05, 3.63) is 47.9 Å². The van der Waals surface area contributed by atoms with E-state index in [1.54, 1.807) is 0 Å². The van der Waals surface area contributed by atoms with Crippen molar-refractivity contribution in [1.82, 2.24) is 15.3 Å². The molecule has 2 aromatic heterocycles. The molecule has 114 valence electrons. The van der Waals surface area contributed by atoms with Crippen molar-refractivity contribution in [1.29, 1.82) is 0 Å². The van der Waals surface area contributed by atoms with Gasteiger partial charge in [0.2, 0.25) is 0 Å². The molecule has 0 radical (unpaired) electrons. The molecule has 1 aliphatic rings. The Bertz CT molecular complexity index is 746. The Kier molecular flexibility index (Phi) is 4.09. The molecule has 4 nitrogen and oxygen atoms in total. The lowest BCUT2D eigenvalue weighted by molar-refractivity contribution is 0.620. The molecular weight excluding hydrogens is 272 g/mol. The predicted octanol–water partition coefficient (Wildman–Crippen LogP) is 3.73. The van der Waals surface area contributed by atoms with E-state index in [0.717, 1.165) is 28.7 Å². The van der Waals surface area contributed by atoms with Gasteiger partial charge in [0.05, 0.1) is 5.52 Å². The number of hydrogen-bond donors (Lipinski definition) is 2. The maximum Gasteiger partial charge on any atom is 0.127 e. The summed E-state index contributed by atoms with van der Waals surface area (Å²) in [5, 5.41) is 7.57. The summed E-state index contributed by atoms with van der Waals surface area (Å²) in [7, 11) is 1.86. The zero-order valence-corrected chi connectivity index (χ0v) is 13.4. The van der Waals surface area contributed by atoms with Crippen molar-refractivity contribution < 1.29 is 0 Å². The van der Waals surface area contributed by atoms with E-state index in [1.165, 1.54) is 17.6 Å². The smallest absolute Gasteiger partial charge is 0.127 e. The fraction of sp³-hybridized carbons (Fsp3) is 0.333. The SMILES string of the molecule is CCCC1C=C(C)C(c2cnc3cc(NC)ncc3c2)=CN1. The largest absolute Gasteiger partial charge is 0.384 e.